The molecule has 0 bridgehead atoms. The Bertz CT molecular complexity index is 522. The smallest absolute Gasteiger partial charge is 0.119 e. The van der Waals surface area contributed by atoms with Crippen molar-refractivity contribution in [3.63, 3.8) is 0 Å². The highest BCUT2D eigenvalue weighted by atomic mass is 16.5. The van der Waals surface area contributed by atoms with E-state index in [2.05, 4.69) is 37.3 Å². The Morgan fingerprint density at radius 1 is 1.19 bits per heavy atom. The zero-order valence-corrected chi connectivity index (χ0v) is 13.1. The van der Waals surface area contributed by atoms with Crippen molar-refractivity contribution >= 4 is 0 Å². The molecule has 2 aromatic rings. The van der Waals surface area contributed by atoms with Crippen LogP contribution in [0.15, 0.2) is 42.6 Å². The predicted molar refractivity (Wildman–Crippen MR) is 85.7 cm³/mol. The van der Waals surface area contributed by atoms with Gasteiger partial charge in [0.1, 0.15) is 12.4 Å². The van der Waals surface area contributed by atoms with Crippen molar-refractivity contribution in [1.82, 2.24) is 15.1 Å². The summed E-state index contributed by atoms with van der Waals surface area (Å²) >= 11 is 0. The molecular weight excluding hydrogens is 262 g/mol. The molecule has 1 aromatic heterocycles. The van der Waals surface area contributed by atoms with Crippen LogP contribution in [0.2, 0.25) is 0 Å². The molecule has 0 spiro atoms. The monoisotopic (exact) mass is 287 g/mol. The average Bonchev–Trinajstić information content (AvgIpc) is 2.95. The van der Waals surface area contributed by atoms with Gasteiger partial charge in [0.05, 0.1) is 5.69 Å². The van der Waals surface area contributed by atoms with Gasteiger partial charge in [-0.05, 0) is 38.6 Å². The van der Waals surface area contributed by atoms with Crippen LogP contribution in [-0.2, 0) is 6.42 Å². The maximum Gasteiger partial charge on any atom is 0.119 e. The molecular formula is C17H25N3O. The SMILES string of the molecule is CCNC(COc1ccccc1)Cc1ccn(C(C)C)n1. The number of rotatable bonds is 8. The number of nitrogens with one attached hydrogen (secondary N) is 1. The molecule has 0 saturated heterocycles. The third-order valence-electron chi connectivity index (χ3n) is 3.34. The molecule has 1 atom stereocenters. The summed E-state index contributed by atoms with van der Waals surface area (Å²) in [6.45, 7) is 7.95. The molecule has 1 N–H and O–H groups in total. The normalized spacial score (nSPS) is 12.6. The Morgan fingerprint density at radius 2 is 1.95 bits per heavy atom. The highest BCUT2D eigenvalue weighted by Gasteiger charge is 2.12. The van der Waals surface area contributed by atoms with Gasteiger partial charge in [0.25, 0.3) is 0 Å². The first-order valence-electron chi connectivity index (χ1n) is 7.64. The highest BCUT2D eigenvalue weighted by molar-refractivity contribution is 5.21. The molecule has 0 aliphatic carbocycles. The summed E-state index contributed by atoms with van der Waals surface area (Å²) in [5.74, 6) is 0.910. The number of para-hydroxylation sites is 1. The van der Waals surface area contributed by atoms with Crippen LogP contribution in [0.3, 0.4) is 0 Å². The van der Waals surface area contributed by atoms with Gasteiger partial charge in [-0.1, -0.05) is 25.1 Å². The third-order valence-corrected chi connectivity index (χ3v) is 3.34. The van der Waals surface area contributed by atoms with Crippen molar-refractivity contribution in [3.05, 3.63) is 48.3 Å². The Morgan fingerprint density at radius 3 is 2.57 bits per heavy atom. The molecule has 0 fully saturated rings. The molecule has 0 radical (unpaired) electrons. The Labute approximate surface area is 127 Å². The number of hydrogen-bond acceptors (Lipinski definition) is 3. The molecule has 114 valence electrons. The third kappa shape index (κ3) is 4.90. The van der Waals surface area contributed by atoms with Crippen LogP contribution in [-0.4, -0.2) is 29.0 Å². The Kier molecular flexibility index (Phi) is 5.81. The van der Waals surface area contributed by atoms with Gasteiger partial charge in [-0.15, -0.1) is 0 Å². The Balaban J connectivity index is 1.91. The lowest BCUT2D eigenvalue weighted by molar-refractivity contribution is 0.263. The van der Waals surface area contributed by atoms with Gasteiger partial charge in [0.2, 0.25) is 0 Å². The topological polar surface area (TPSA) is 39.1 Å². The summed E-state index contributed by atoms with van der Waals surface area (Å²) in [5.41, 5.74) is 1.10. The summed E-state index contributed by atoms with van der Waals surface area (Å²) in [4.78, 5) is 0. The molecule has 1 unspecified atom stereocenters. The highest BCUT2D eigenvalue weighted by Crippen LogP contribution is 2.10. The summed E-state index contributed by atoms with van der Waals surface area (Å²) in [6, 6.07) is 12.7. The molecule has 21 heavy (non-hydrogen) atoms. The van der Waals surface area contributed by atoms with E-state index in [1.807, 2.05) is 41.2 Å². The lowest BCUT2D eigenvalue weighted by Crippen LogP contribution is -2.36. The standard InChI is InChI=1S/C17H25N3O/c1-4-18-16(13-21-17-8-6-5-7-9-17)12-15-10-11-20(19-15)14(2)3/h5-11,14,16,18H,4,12-13H2,1-3H3. The molecule has 4 nitrogen and oxygen atoms in total. The zero-order chi connectivity index (χ0) is 15.1. The van der Waals surface area contributed by atoms with E-state index in [1.165, 1.54) is 0 Å². The molecule has 4 heteroatoms. The minimum atomic E-state index is 0.269. The van der Waals surface area contributed by atoms with E-state index in [9.17, 15) is 0 Å². The predicted octanol–water partition coefficient (Wildman–Crippen LogP) is 3.06. The second-order valence-corrected chi connectivity index (χ2v) is 5.46. The van der Waals surface area contributed by atoms with Crippen molar-refractivity contribution in [2.45, 2.75) is 39.3 Å². The van der Waals surface area contributed by atoms with Gasteiger partial charge in [-0.2, -0.15) is 5.10 Å². The maximum atomic E-state index is 5.85. The fraction of sp³-hybridized carbons (Fsp3) is 0.471. The summed E-state index contributed by atoms with van der Waals surface area (Å²) in [7, 11) is 0. The molecule has 0 saturated carbocycles. The number of hydrogen-bond donors (Lipinski definition) is 1. The Hall–Kier alpha value is -1.81. The summed E-state index contributed by atoms with van der Waals surface area (Å²) < 4.78 is 7.85. The number of benzene rings is 1. The van der Waals surface area contributed by atoms with Gasteiger partial charge in [-0.25, -0.2) is 0 Å². The molecule has 1 aromatic carbocycles. The van der Waals surface area contributed by atoms with E-state index in [-0.39, 0.29) is 6.04 Å². The number of likely N-dealkylation sites (N-methyl/N-ethyl adjacent to an activating group) is 1. The molecule has 0 aliphatic rings. The first kappa shape index (κ1) is 15.6. The first-order valence-corrected chi connectivity index (χ1v) is 7.64. The van der Waals surface area contributed by atoms with Gasteiger partial charge < -0.3 is 10.1 Å². The molecule has 0 aliphatic heterocycles. The van der Waals surface area contributed by atoms with Crippen molar-refractivity contribution in [3.8, 4) is 5.75 Å². The van der Waals surface area contributed by atoms with Crippen molar-refractivity contribution in [2.24, 2.45) is 0 Å². The van der Waals surface area contributed by atoms with Gasteiger partial charge in [0.15, 0.2) is 0 Å². The molecule has 0 amide bonds. The largest absolute Gasteiger partial charge is 0.492 e. The van der Waals surface area contributed by atoms with E-state index in [0.29, 0.717) is 12.6 Å². The van der Waals surface area contributed by atoms with Crippen LogP contribution in [0.5, 0.6) is 5.75 Å². The van der Waals surface area contributed by atoms with Crippen molar-refractivity contribution < 1.29 is 4.74 Å². The lowest BCUT2D eigenvalue weighted by Gasteiger charge is -2.17. The van der Waals surface area contributed by atoms with Crippen molar-refractivity contribution in [1.29, 1.82) is 0 Å². The van der Waals surface area contributed by atoms with Crippen LogP contribution < -0.4 is 10.1 Å². The van der Waals surface area contributed by atoms with Crippen LogP contribution in [0, 0.1) is 0 Å². The van der Waals surface area contributed by atoms with Crippen LogP contribution in [0.25, 0.3) is 0 Å². The van der Waals surface area contributed by atoms with Gasteiger partial charge in [0, 0.05) is 24.7 Å². The number of ether oxygens (including phenoxy) is 1. The van der Waals surface area contributed by atoms with E-state index < -0.39 is 0 Å². The first-order chi connectivity index (χ1) is 10.2. The maximum absolute atomic E-state index is 5.85. The van der Waals surface area contributed by atoms with Gasteiger partial charge in [-0.3, -0.25) is 4.68 Å². The molecule has 1 heterocycles. The lowest BCUT2D eigenvalue weighted by atomic mass is 10.1. The molecule has 2 rings (SSSR count). The quantitative estimate of drug-likeness (QED) is 0.811. The minimum Gasteiger partial charge on any atom is -0.492 e. The fourth-order valence-corrected chi connectivity index (χ4v) is 2.22. The minimum absolute atomic E-state index is 0.269. The average molecular weight is 287 g/mol. The van der Waals surface area contributed by atoms with Gasteiger partial charge >= 0.3 is 0 Å². The second kappa shape index (κ2) is 7.84. The second-order valence-electron chi connectivity index (χ2n) is 5.46. The van der Waals surface area contributed by atoms with Crippen LogP contribution in [0.4, 0.5) is 0 Å². The van der Waals surface area contributed by atoms with Crippen molar-refractivity contribution in [2.75, 3.05) is 13.2 Å². The number of aromatic nitrogens is 2. The van der Waals surface area contributed by atoms with Crippen LogP contribution >= 0.6 is 0 Å². The zero-order valence-electron chi connectivity index (χ0n) is 13.1. The number of nitrogens with zero attached hydrogens (tertiary/aromatic N) is 2. The van der Waals surface area contributed by atoms with E-state index in [4.69, 9.17) is 4.74 Å². The van der Waals surface area contributed by atoms with Crippen LogP contribution in [0.1, 0.15) is 32.5 Å². The van der Waals surface area contributed by atoms with E-state index >= 15 is 0 Å². The van der Waals surface area contributed by atoms with E-state index in [0.717, 1.165) is 24.4 Å². The summed E-state index contributed by atoms with van der Waals surface area (Å²) in [6.07, 6.45) is 2.92. The summed E-state index contributed by atoms with van der Waals surface area (Å²) in [5, 5.41) is 8.07. The van der Waals surface area contributed by atoms with E-state index in [1.54, 1.807) is 0 Å². The fourth-order valence-electron chi connectivity index (χ4n) is 2.22.